The lowest BCUT2D eigenvalue weighted by Crippen LogP contribution is -2.17. The number of ether oxygens (including phenoxy) is 2. The van der Waals surface area contributed by atoms with Gasteiger partial charge in [-0.1, -0.05) is 0 Å². The highest BCUT2D eigenvalue weighted by Gasteiger charge is 2.21. The topological polar surface area (TPSA) is 101 Å². The number of nitro groups is 1. The molecule has 92 valence electrons. The molecule has 0 spiro atoms. The summed E-state index contributed by atoms with van der Waals surface area (Å²) in [5.41, 5.74) is 5.28. The predicted molar refractivity (Wildman–Crippen MR) is 59.8 cm³/mol. The van der Waals surface area contributed by atoms with Crippen LogP contribution < -0.4 is 10.5 Å². The summed E-state index contributed by atoms with van der Waals surface area (Å²) in [5, 5.41) is 10.7. The fourth-order valence-corrected chi connectivity index (χ4v) is 1.64. The zero-order valence-corrected chi connectivity index (χ0v) is 9.17. The quantitative estimate of drug-likeness (QED) is 0.624. The molecule has 2 N–H and O–H groups in total. The van der Waals surface area contributed by atoms with E-state index in [1.807, 2.05) is 0 Å². The Balaban J connectivity index is 2.07. The fourth-order valence-electron chi connectivity index (χ4n) is 1.64. The van der Waals surface area contributed by atoms with Gasteiger partial charge in [0.05, 0.1) is 11.0 Å². The second-order valence-electron chi connectivity index (χ2n) is 3.76. The highest BCUT2D eigenvalue weighted by Crippen LogP contribution is 2.26. The monoisotopic (exact) mass is 239 g/mol. The average molecular weight is 239 g/mol. The first-order valence-corrected chi connectivity index (χ1v) is 5.32. The lowest BCUT2D eigenvalue weighted by atomic mass is 10.2. The summed E-state index contributed by atoms with van der Waals surface area (Å²) < 4.78 is 10.7. The number of pyridine rings is 1. The number of hydrogen-bond acceptors (Lipinski definition) is 6. The summed E-state index contributed by atoms with van der Waals surface area (Å²) in [6.45, 7) is 0.970. The number of rotatable bonds is 4. The molecule has 2 heterocycles. The molecule has 0 bridgehead atoms. The van der Waals surface area contributed by atoms with E-state index in [4.69, 9.17) is 15.2 Å². The van der Waals surface area contributed by atoms with E-state index >= 15 is 0 Å². The standard InChI is InChI=1S/C10H13N3O4/c11-9-4-3-8(13(14)15)10(12-9)17-6-7-2-1-5-16-7/h3-4,7H,1-2,5-6H2,(H2,11,12). The number of nitrogen functional groups attached to an aromatic ring is 1. The van der Waals surface area contributed by atoms with E-state index in [-0.39, 0.29) is 30.1 Å². The number of aromatic nitrogens is 1. The normalized spacial score (nSPS) is 19.2. The van der Waals surface area contributed by atoms with Crippen LogP contribution in [0.5, 0.6) is 5.88 Å². The molecular formula is C10H13N3O4. The van der Waals surface area contributed by atoms with Crippen molar-refractivity contribution >= 4 is 11.5 Å². The summed E-state index contributed by atoms with van der Waals surface area (Å²) in [7, 11) is 0. The molecule has 1 aromatic heterocycles. The summed E-state index contributed by atoms with van der Waals surface area (Å²) in [4.78, 5) is 14.0. The van der Waals surface area contributed by atoms with Gasteiger partial charge in [0.15, 0.2) is 0 Å². The van der Waals surface area contributed by atoms with Crippen LogP contribution in [0.2, 0.25) is 0 Å². The molecule has 0 amide bonds. The lowest BCUT2D eigenvalue weighted by molar-refractivity contribution is -0.386. The number of nitrogens with two attached hydrogens (primary N) is 1. The highest BCUT2D eigenvalue weighted by atomic mass is 16.6. The van der Waals surface area contributed by atoms with Crippen LogP contribution in [0.15, 0.2) is 12.1 Å². The molecule has 7 heteroatoms. The highest BCUT2D eigenvalue weighted by molar-refractivity contribution is 5.46. The Morgan fingerprint density at radius 1 is 1.65 bits per heavy atom. The van der Waals surface area contributed by atoms with E-state index in [0.717, 1.165) is 12.8 Å². The number of anilines is 1. The maximum absolute atomic E-state index is 10.7. The minimum absolute atomic E-state index is 0.0159. The molecule has 1 saturated heterocycles. The van der Waals surface area contributed by atoms with Crippen molar-refractivity contribution in [3.8, 4) is 5.88 Å². The Morgan fingerprint density at radius 2 is 2.47 bits per heavy atom. The second-order valence-corrected chi connectivity index (χ2v) is 3.76. The van der Waals surface area contributed by atoms with Gasteiger partial charge in [-0.25, -0.2) is 0 Å². The molecule has 0 aliphatic carbocycles. The molecule has 1 aliphatic heterocycles. The molecular weight excluding hydrogens is 226 g/mol. The van der Waals surface area contributed by atoms with Crippen LogP contribution in [0.25, 0.3) is 0 Å². The third-order valence-corrected chi connectivity index (χ3v) is 2.49. The first-order valence-electron chi connectivity index (χ1n) is 5.32. The van der Waals surface area contributed by atoms with Gasteiger partial charge in [-0.15, -0.1) is 0 Å². The molecule has 1 unspecified atom stereocenters. The molecule has 0 aromatic carbocycles. The molecule has 0 radical (unpaired) electrons. The van der Waals surface area contributed by atoms with E-state index in [1.54, 1.807) is 0 Å². The van der Waals surface area contributed by atoms with Gasteiger partial charge in [-0.05, 0) is 18.9 Å². The molecule has 1 fully saturated rings. The van der Waals surface area contributed by atoms with Crippen LogP contribution in [0.1, 0.15) is 12.8 Å². The Bertz CT molecular complexity index is 418. The smallest absolute Gasteiger partial charge is 0.331 e. The molecule has 17 heavy (non-hydrogen) atoms. The predicted octanol–water partition coefficient (Wildman–Crippen LogP) is 1.13. The van der Waals surface area contributed by atoms with Crippen LogP contribution in [0.3, 0.4) is 0 Å². The van der Waals surface area contributed by atoms with Crippen LogP contribution in [-0.2, 0) is 4.74 Å². The first-order chi connectivity index (χ1) is 8.16. The van der Waals surface area contributed by atoms with Crippen molar-refractivity contribution in [3.63, 3.8) is 0 Å². The van der Waals surface area contributed by atoms with Crippen molar-refractivity contribution < 1.29 is 14.4 Å². The second kappa shape index (κ2) is 4.96. The Morgan fingerprint density at radius 3 is 3.12 bits per heavy atom. The zero-order valence-electron chi connectivity index (χ0n) is 9.17. The minimum atomic E-state index is -0.544. The summed E-state index contributed by atoms with van der Waals surface area (Å²) in [6.07, 6.45) is 1.87. The Hall–Kier alpha value is -1.89. The van der Waals surface area contributed by atoms with Crippen molar-refractivity contribution in [1.82, 2.24) is 4.98 Å². The van der Waals surface area contributed by atoms with Gasteiger partial charge in [0.25, 0.3) is 5.88 Å². The number of nitrogens with zero attached hydrogens (tertiary/aromatic N) is 2. The molecule has 2 rings (SSSR count). The summed E-state index contributed by atoms with van der Waals surface area (Å²) in [5.74, 6) is 0.142. The number of hydrogen-bond donors (Lipinski definition) is 1. The van der Waals surface area contributed by atoms with Crippen LogP contribution >= 0.6 is 0 Å². The van der Waals surface area contributed by atoms with Crippen LogP contribution in [0.4, 0.5) is 11.5 Å². The SMILES string of the molecule is Nc1ccc([N+](=O)[O-])c(OCC2CCCO2)n1. The third-order valence-electron chi connectivity index (χ3n) is 2.49. The Labute approximate surface area is 97.7 Å². The molecule has 1 aliphatic rings. The molecule has 7 nitrogen and oxygen atoms in total. The molecule has 1 atom stereocenters. The van der Waals surface area contributed by atoms with Crippen molar-refractivity contribution in [2.75, 3.05) is 18.9 Å². The first kappa shape index (κ1) is 11.6. The van der Waals surface area contributed by atoms with Crippen molar-refractivity contribution in [1.29, 1.82) is 0 Å². The van der Waals surface area contributed by atoms with Crippen LogP contribution in [-0.4, -0.2) is 29.2 Å². The molecule has 1 aromatic rings. The van der Waals surface area contributed by atoms with E-state index in [1.165, 1.54) is 12.1 Å². The Kier molecular flexibility index (Phi) is 3.38. The summed E-state index contributed by atoms with van der Waals surface area (Å²) in [6, 6.07) is 2.66. The van der Waals surface area contributed by atoms with Gasteiger partial charge >= 0.3 is 5.69 Å². The van der Waals surface area contributed by atoms with Gasteiger partial charge in [0.1, 0.15) is 12.4 Å². The minimum Gasteiger partial charge on any atom is -0.470 e. The van der Waals surface area contributed by atoms with E-state index in [2.05, 4.69) is 4.98 Å². The maximum Gasteiger partial charge on any atom is 0.331 e. The molecule has 0 saturated carbocycles. The zero-order chi connectivity index (χ0) is 12.3. The van der Waals surface area contributed by atoms with E-state index in [0.29, 0.717) is 6.61 Å². The van der Waals surface area contributed by atoms with Gasteiger partial charge in [-0.3, -0.25) is 10.1 Å². The van der Waals surface area contributed by atoms with E-state index < -0.39 is 4.92 Å². The largest absolute Gasteiger partial charge is 0.470 e. The van der Waals surface area contributed by atoms with E-state index in [9.17, 15) is 10.1 Å². The van der Waals surface area contributed by atoms with Crippen LogP contribution in [0, 0.1) is 10.1 Å². The fraction of sp³-hybridized carbons (Fsp3) is 0.500. The average Bonchev–Trinajstić information content (AvgIpc) is 2.78. The summed E-state index contributed by atoms with van der Waals surface area (Å²) >= 11 is 0. The van der Waals surface area contributed by atoms with Gasteiger partial charge in [-0.2, -0.15) is 4.98 Å². The van der Waals surface area contributed by atoms with Gasteiger partial charge in [0, 0.05) is 12.7 Å². The van der Waals surface area contributed by atoms with Crippen molar-refractivity contribution in [2.45, 2.75) is 18.9 Å². The van der Waals surface area contributed by atoms with Crippen molar-refractivity contribution in [2.24, 2.45) is 0 Å². The van der Waals surface area contributed by atoms with Gasteiger partial charge in [0.2, 0.25) is 0 Å². The lowest BCUT2D eigenvalue weighted by Gasteiger charge is -2.10. The third kappa shape index (κ3) is 2.82. The van der Waals surface area contributed by atoms with Crippen molar-refractivity contribution in [3.05, 3.63) is 22.2 Å². The maximum atomic E-state index is 10.7. The van der Waals surface area contributed by atoms with Gasteiger partial charge < -0.3 is 15.2 Å².